The van der Waals surface area contributed by atoms with Gasteiger partial charge >= 0.3 is 0 Å². The molecule has 2 N–H and O–H groups in total. The molecule has 0 aliphatic rings. The van der Waals surface area contributed by atoms with Crippen molar-refractivity contribution in [3.8, 4) is 5.75 Å². The number of methoxy groups -OCH3 is 1. The summed E-state index contributed by atoms with van der Waals surface area (Å²) in [7, 11) is -2.51. The fourth-order valence-corrected chi connectivity index (χ4v) is 4.26. The lowest BCUT2D eigenvalue weighted by molar-refractivity contribution is -0.122. The number of carbonyl (C=O) groups is 1. The number of ether oxygens (including phenoxy) is 1. The number of rotatable bonds is 10. The Morgan fingerprint density at radius 3 is 2.41 bits per heavy atom. The third-order valence-corrected chi connectivity index (χ3v) is 6.12. The van der Waals surface area contributed by atoms with Crippen molar-refractivity contribution < 1.29 is 17.9 Å². The van der Waals surface area contributed by atoms with Gasteiger partial charge in [0.15, 0.2) is 0 Å². The fraction of sp³-hybridized carbons (Fsp3) is 0.381. The molecular formula is C21H27ClN2O4S. The first-order valence-electron chi connectivity index (χ1n) is 9.40. The van der Waals surface area contributed by atoms with E-state index < -0.39 is 16.1 Å². The van der Waals surface area contributed by atoms with Crippen LogP contribution in [0.15, 0.2) is 53.4 Å². The number of nitrogens with one attached hydrogen (secondary N) is 2. The highest BCUT2D eigenvalue weighted by atomic mass is 35.5. The Labute approximate surface area is 177 Å². The van der Waals surface area contributed by atoms with Crippen LogP contribution in [0.3, 0.4) is 0 Å². The average Bonchev–Trinajstić information content (AvgIpc) is 2.67. The third kappa shape index (κ3) is 7.03. The van der Waals surface area contributed by atoms with Crippen LogP contribution in [0.5, 0.6) is 5.75 Å². The largest absolute Gasteiger partial charge is 0.495 e. The minimum absolute atomic E-state index is 0.0312. The van der Waals surface area contributed by atoms with E-state index in [-0.39, 0.29) is 22.2 Å². The van der Waals surface area contributed by atoms with Crippen LogP contribution in [0.4, 0.5) is 0 Å². The Morgan fingerprint density at radius 2 is 1.83 bits per heavy atom. The second-order valence-corrected chi connectivity index (χ2v) is 9.25. The molecule has 0 aromatic heterocycles. The van der Waals surface area contributed by atoms with Crippen molar-refractivity contribution in [2.75, 3.05) is 13.7 Å². The van der Waals surface area contributed by atoms with Crippen LogP contribution < -0.4 is 14.8 Å². The van der Waals surface area contributed by atoms with Gasteiger partial charge in [-0.2, -0.15) is 4.72 Å². The number of sulfonamides is 1. The van der Waals surface area contributed by atoms with Gasteiger partial charge in [0.1, 0.15) is 11.8 Å². The van der Waals surface area contributed by atoms with E-state index in [0.717, 1.165) is 12.0 Å². The van der Waals surface area contributed by atoms with Gasteiger partial charge in [-0.1, -0.05) is 55.8 Å². The van der Waals surface area contributed by atoms with Gasteiger partial charge in [-0.25, -0.2) is 8.42 Å². The molecule has 6 nitrogen and oxygen atoms in total. The Kier molecular flexibility index (Phi) is 8.49. The van der Waals surface area contributed by atoms with E-state index in [1.807, 2.05) is 30.3 Å². The summed E-state index contributed by atoms with van der Waals surface area (Å²) in [5, 5.41) is 3.00. The van der Waals surface area contributed by atoms with Crippen LogP contribution in [0.1, 0.15) is 25.8 Å². The average molecular weight is 439 g/mol. The summed E-state index contributed by atoms with van der Waals surface area (Å²) in [5.74, 6) is 0.441. The highest BCUT2D eigenvalue weighted by Crippen LogP contribution is 2.27. The number of carbonyl (C=O) groups excluding carboxylic acids is 1. The molecule has 1 atom stereocenters. The van der Waals surface area contributed by atoms with E-state index in [0.29, 0.717) is 18.2 Å². The lowest BCUT2D eigenvalue weighted by atomic mass is 10.1. The van der Waals surface area contributed by atoms with Crippen LogP contribution in [0.2, 0.25) is 5.02 Å². The first-order chi connectivity index (χ1) is 13.7. The molecule has 2 rings (SSSR count). The predicted molar refractivity (Wildman–Crippen MR) is 115 cm³/mol. The van der Waals surface area contributed by atoms with E-state index in [9.17, 15) is 13.2 Å². The summed E-state index contributed by atoms with van der Waals surface area (Å²) >= 11 is 6.07. The standard InChI is InChI=1S/C21H27ClN2O4S/c1-15(2)11-12-23-21(25)19(13-16-7-5-4-6-8-16)24-29(26,27)17-9-10-20(28-3)18(22)14-17/h4-10,14-15,19,24H,11-13H2,1-3H3,(H,23,25)/t19-/m0/s1. The topological polar surface area (TPSA) is 84.5 Å². The molecule has 0 saturated carbocycles. The van der Waals surface area contributed by atoms with Gasteiger partial charge in [0.2, 0.25) is 15.9 Å². The maximum Gasteiger partial charge on any atom is 0.241 e. The monoisotopic (exact) mass is 438 g/mol. The maximum atomic E-state index is 12.9. The fourth-order valence-electron chi connectivity index (χ4n) is 2.71. The predicted octanol–water partition coefficient (Wildman–Crippen LogP) is 3.40. The molecule has 1 amide bonds. The van der Waals surface area contributed by atoms with Gasteiger partial charge in [-0.3, -0.25) is 4.79 Å². The zero-order chi connectivity index (χ0) is 21.4. The van der Waals surface area contributed by atoms with Crippen molar-refractivity contribution in [2.45, 2.75) is 37.6 Å². The molecule has 0 radical (unpaired) electrons. The van der Waals surface area contributed by atoms with Gasteiger partial charge < -0.3 is 10.1 Å². The van der Waals surface area contributed by atoms with Gasteiger partial charge in [-0.05, 0) is 42.5 Å². The highest BCUT2D eigenvalue weighted by Gasteiger charge is 2.26. The quantitative estimate of drug-likeness (QED) is 0.595. The number of amides is 1. The van der Waals surface area contributed by atoms with Crippen molar-refractivity contribution in [1.82, 2.24) is 10.0 Å². The Bertz CT molecular complexity index is 918. The Balaban J connectivity index is 2.22. The summed E-state index contributed by atoms with van der Waals surface area (Å²) in [5.41, 5.74) is 0.854. The Morgan fingerprint density at radius 1 is 1.14 bits per heavy atom. The third-order valence-electron chi connectivity index (χ3n) is 4.35. The molecule has 29 heavy (non-hydrogen) atoms. The smallest absolute Gasteiger partial charge is 0.241 e. The van der Waals surface area contributed by atoms with Crippen LogP contribution in [0.25, 0.3) is 0 Å². The SMILES string of the molecule is COc1ccc(S(=O)(=O)N[C@@H](Cc2ccccc2)C(=O)NCCC(C)C)cc1Cl. The van der Waals surface area contributed by atoms with Crippen LogP contribution in [-0.4, -0.2) is 34.0 Å². The zero-order valence-corrected chi connectivity index (χ0v) is 18.4. The van der Waals surface area contributed by atoms with Gasteiger partial charge in [0, 0.05) is 6.54 Å². The summed E-state index contributed by atoms with van der Waals surface area (Å²) < 4.78 is 33.3. The molecule has 0 spiro atoms. The number of benzene rings is 2. The first kappa shape index (κ1) is 23.2. The minimum atomic E-state index is -3.96. The number of halogens is 1. The molecule has 8 heteroatoms. The molecule has 2 aromatic carbocycles. The molecule has 0 saturated heterocycles. The summed E-state index contributed by atoms with van der Waals surface area (Å²) in [4.78, 5) is 12.7. The minimum Gasteiger partial charge on any atom is -0.495 e. The Hall–Kier alpha value is -2.09. The van der Waals surface area contributed by atoms with Crippen molar-refractivity contribution >= 4 is 27.5 Å². The van der Waals surface area contributed by atoms with E-state index in [4.69, 9.17) is 16.3 Å². The van der Waals surface area contributed by atoms with Crippen molar-refractivity contribution in [3.63, 3.8) is 0 Å². The molecule has 0 bridgehead atoms. The second kappa shape index (κ2) is 10.6. The molecule has 0 aliphatic heterocycles. The molecule has 158 valence electrons. The van der Waals surface area contributed by atoms with E-state index >= 15 is 0 Å². The summed E-state index contributed by atoms with van der Waals surface area (Å²) in [6.07, 6.45) is 1.04. The first-order valence-corrected chi connectivity index (χ1v) is 11.3. The van der Waals surface area contributed by atoms with E-state index in [1.54, 1.807) is 0 Å². The molecule has 0 aliphatic carbocycles. The van der Waals surface area contributed by atoms with Gasteiger partial charge in [0.05, 0.1) is 17.0 Å². The van der Waals surface area contributed by atoms with Gasteiger partial charge in [0.25, 0.3) is 0 Å². The molecule has 0 fully saturated rings. The lowest BCUT2D eigenvalue weighted by Crippen LogP contribution is -2.48. The normalized spacial score (nSPS) is 12.6. The second-order valence-electron chi connectivity index (χ2n) is 7.13. The van der Waals surface area contributed by atoms with Crippen LogP contribution in [0, 0.1) is 5.92 Å². The number of hydrogen-bond donors (Lipinski definition) is 2. The zero-order valence-electron chi connectivity index (χ0n) is 16.8. The summed E-state index contributed by atoms with van der Waals surface area (Å²) in [6.45, 7) is 4.60. The van der Waals surface area contributed by atoms with Crippen LogP contribution >= 0.6 is 11.6 Å². The van der Waals surface area contributed by atoms with Crippen molar-refractivity contribution in [1.29, 1.82) is 0 Å². The van der Waals surface area contributed by atoms with Crippen molar-refractivity contribution in [2.24, 2.45) is 5.92 Å². The van der Waals surface area contributed by atoms with Crippen molar-refractivity contribution in [3.05, 3.63) is 59.1 Å². The molecular weight excluding hydrogens is 412 g/mol. The lowest BCUT2D eigenvalue weighted by Gasteiger charge is -2.19. The number of hydrogen-bond acceptors (Lipinski definition) is 4. The van der Waals surface area contributed by atoms with Crippen LogP contribution in [-0.2, 0) is 21.2 Å². The van der Waals surface area contributed by atoms with E-state index in [2.05, 4.69) is 23.9 Å². The maximum absolute atomic E-state index is 12.9. The molecule has 2 aromatic rings. The van der Waals surface area contributed by atoms with E-state index in [1.165, 1.54) is 25.3 Å². The molecule has 0 heterocycles. The highest BCUT2D eigenvalue weighted by molar-refractivity contribution is 7.89. The molecule has 0 unspecified atom stereocenters. The summed E-state index contributed by atoms with van der Waals surface area (Å²) in [6, 6.07) is 12.5. The van der Waals surface area contributed by atoms with Gasteiger partial charge in [-0.15, -0.1) is 0 Å².